The van der Waals surface area contributed by atoms with E-state index in [1.807, 2.05) is 48.2 Å². The molecule has 0 unspecified atom stereocenters. The third kappa shape index (κ3) is 6.49. The first-order valence-corrected chi connectivity index (χ1v) is 14.5. The summed E-state index contributed by atoms with van der Waals surface area (Å²) in [5.74, 6) is -2.27. The van der Waals surface area contributed by atoms with E-state index in [1.165, 1.54) is 26.0 Å². The zero-order valence-corrected chi connectivity index (χ0v) is 24.2. The number of alkyl halides is 1. The van der Waals surface area contributed by atoms with Crippen molar-refractivity contribution in [1.29, 1.82) is 0 Å². The standard InChI is InChI=1S/C34H37F3N2O3/c1-21-17-26-25-10-6-7-11-29(25)38-31(26)32(39(21)20-34(2,3)37)30-27(35)18-24(19-28(30)36)42-16-8-4-5-9-22-12-14-23(15-13-22)33(40)41/h6-7,10-15,18-19,21,32,38H,4-5,8-9,16-17,20H2,1-3H3,(H,40,41)/t21-,32-/m1/s1. The quantitative estimate of drug-likeness (QED) is 0.177. The molecule has 5 nitrogen and oxygen atoms in total. The van der Waals surface area contributed by atoms with E-state index < -0.39 is 29.3 Å². The number of aryl methyl sites for hydroxylation is 1. The molecule has 222 valence electrons. The summed E-state index contributed by atoms with van der Waals surface area (Å²) in [6.07, 6.45) is 3.88. The van der Waals surface area contributed by atoms with Gasteiger partial charge in [-0.05, 0) is 82.2 Å². The largest absolute Gasteiger partial charge is 0.493 e. The van der Waals surface area contributed by atoms with Gasteiger partial charge >= 0.3 is 5.97 Å². The zero-order valence-electron chi connectivity index (χ0n) is 24.2. The summed E-state index contributed by atoms with van der Waals surface area (Å²) in [6.45, 7) is 5.27. The number of hydrogen-bond donors (Lipinski definition) is 2. The van der Waals surface area contributed by atoms with Crippen LogP contribution in [0.1, 0.15) is 78.8 Å². The van der Waals surface area contributed by atoms with E-state index in [2.05, 4.69) is 4.98 Å². The molecule has 0 spiro atoms. The first kappa shape index (κ1) is 29.7. The summed E-state index contributed by atoms with van der Waals surface area (Å²) in [7, 11) is 0. The number of ether oxygens (including phenoxy) is 1. The highest BCUT2D eigenvalue weighted by molar-refractivity contribution is 5.87. The molecule has 0 saturated heterocycles. The van der Waals surface area contributed by atoms with Crippen LogP contribution in [0.4, 0.5) is 13.2 Å². The molecule has 0 saturated carbocycles. The molecule has 1 aromatic heterocycles. The van der Waals surface area contributed by atoms with E-state index in [0.29, 0.717) is 25.1 Å². The minimum absolute atomic E-state index is 0.0223. The lowest BCUT2D eigenvalue weighted by atomic mass is 9.87. The van der Waals surface area contributed by atoms with E-state index in [1.54, 1.807) is 12.1 Å². The molecule has 0 bridgehead atoms. The number of aromatic carboxylic acids is 1. The zero-order chi connectivity index (χ0) is 30.0. The number of halogens is 3. The van der Waals surface area contributed by atoms with Crippen molar-refractivity contribution in [3.63, 3.8) is 0 Å². The fourth-order valence-corrected chi connectivity index (χ4v) is 6.02. The van der Waals surface area contributed by atoms with Crippen molar-refractivity contribution in [2.45, 2.75) is 70.6 Å². The third-order valence-corrected chi connectivity index (χ3v) is 7.98. The summed E-state index contributed by atoms with van der Waals surface area (Å²) >= 11 is 0. The first-order valence-electron chi connectivity index (χ1n) is 14.5. The fourth-order valence-electron chi connectivity index (χ4n) is 6.02. The molecule has 42 heavy (non-hydrogen) atoms. The SMILES string of the molecule is C[C@@H]1Cc2c([nH]c3ccccc23)[C@@H](c2c(F)cc(OCCCCCc3ccc(C(=O)O)cc3)cc2F)N1CC(C)(C)F. The molecule has 1 aliphatic rings. The Morgan fingerprint density at radius 1 is 1.05 bits per heavy atom. The Hall–Kier alpha value is -3.78. The Balaban J connectivity index is 1.29. The molecule has 2 heterocycles. The highest BCUT2D eigenvalue weighted by atomic mass is 19.1. The van der Waals surface area contributed by atoms with Gasteiger partial charge in [0.2, 0.25) is 0 Å². The molecular weight excluding hydrogens is 541 g/mol. The van der Waals surface area contributed by atoms with Gasteiger partial charge in [0.1, 0.15) is 23.1 Å². The number of fused-ring (bicyclic) bond motifs is 3. The number of aromatic amines is 1. The van der Waals surface area contributed by atoms with E-state index in [0.717, 1.165) is 41.3 Å². The average molecular weight is 579 g/mol. The molecule has 2 N–H and O–H groups in total. The van der Waals surface area contributed by atoms with Crippen molar-refractivity contribution in [3.8, 4) is 5.75 Å². The highest BCUT2D eigenvalue weighted by Crippen LogP contribution is 2.43. The van der Waals surface area contributed by atoms with Gasteiger partial charge in [-0.25, -0.2) is 18.0 Å². The van der Waals surface area contributed by atoms with Gasteiger partial charge in [0.15, 0.2) is 0 Å². The van der Waals surface area contributed by atoms with Gasteiger partial charge in [0, 0.05) is 46.9 Å². The van der Waals surface area contributed by atoms with Crippen LogP contribution in [0.25, 0.3) is 10.9 Å². The van der Waals surface area contributed by atoms with Crippen LogP contribution in [0, 0.1) is 11.6 Å². The van der Waals surface area contributed by atoms with Gasteiger partial charge in [-0.3, -0.25) is 4.90 Å². The Morgan fingerprint density at radius 2 is 1.74 bits per heavy atom. The van der Waals surface area contributed by atoms with Crippen molar-refractivity contribution in [1.82, 2.24) is 9.88 Å². The number of rotatable bonds is 11. The lowest BCUT2D eigenvalue weighted by Gasteiger charge is -2.43. The van der Waals surface area contributed by atoms with E-state index in [-0.39, 0.29) is 29.5 Å². The number of benzene rings is 3. The topological polar surface area (TPSA) is 65.6 Å². The predicted molar refractivity (Wildman–Crippen MR) is 158 cm³/mol. The Labute approximate surface area is 244 Å². The molecule has 3 aromatic carbocycles. The highest BCUT2D eigenvalue weighted by Gasteiger charge is 2.41. The molecule has 2 atom stereocenters. The second-order valence-corrected chi connectivity index (χ2v) is 11.9. The summed E-state index contributed by atoms with van der Waals surface area (Å²) in [5.41, 5.74) is 2.24. The van der Waals surface area contributed by atoms with Gasteiger partial charge in [-0.15, -0.1) is 0 Å². The maximum Gasteiger partial charge on any atom is 0.335 e. The summed E-state index contributed by atoms with van der Waals surface area (Å²) in [4.78, 5) is 16.2. The van der Waals surface area contributed by atoms with Crippen LogP contribution in [-0.4, -0.2) is 45.8 Å². The van der Waals surface area contributed by atoms with Gasteiger partial charge in [-0.1, -0.05) is 30.3 Å². The van der Waals surface area contributed by atoms with Gasteiger partial charge in [0.25, 0.3) is 0 Å². The van der Waals surface area contributed by atoms with Crippen molar-refractivity contribution in [2.24, 2.45) is 0 Å². The van der Waals surface area contributed by atoms with Gasteiger partial charge in [0.05, 0.1) is 18.2 Å². The number of nitrogens with zero attached hydrogens (tertiary/aromatic N) is 1. The minimum Gasteiger partial charge on any atom is -0.493 e. The number of para-hydroxylation sites is 1. The van der Waals surface area contributed by atoms with Crippen molar-refractivity contribution >= 4 is 16.9 Å². The molecule has 0 fully saturated rings. The number of aromatic nitrogens is 1. The maximum absolute atomic E-state index is 15.8. The molecule has 0 aliphatic carbocycles. The molecule has 1 aliphatic heterocycles. The molecule has 8 heteroatoms. The third-order valence-electron chi connectivity index (χ3n) is 7.98. The van der Waals surface area contributed by atoms with Crippen LogP contribution in [0.5, 0.6) is 5.75 Å². The Kier molecular flexibility index (Phi) is 8.64. The van der Waals surface area contributed by atoms with E-state index in [4.69, 9.17) is 9.84 Å². The van der Waals surface area contributed by atoms with Crippen LogP contribution in [0.2, 0.25) is 0 Å². The molecular formula is C34H37F3N2O3. The van der Waals surface area contributed by atoms with Crippen molar-refractivity contribution in [2.75, 3.05) is 13.2 Å². The van der Waals surface area contributed by atoms with Crippen LogP contribution < -0.4 is 4.74 Å². The van der Waals surface area contributed by atoms with Crippen LogP contribution in [0.15, 0.2) is 60.7 Å². The molecule has 0 radical (unpaired) electrons. The van der Waals surface area contributed by atoms with Gasteiger partial charge in [-0.2, -0.15) is 0 Å². The predicted octanol–water partition coefficient (Wildman–Crippen LogP) is 8.02. The number of carboxylic acids is 1. The lowest BCUT2D eigenvalue weighted by Crippen LogP contribution is -2.48. The normalized spacial score (nSPS) is 17.4. The summed E-state index contributed by atoms with van der Waals surface area (Å²) in [6, 6.07) is 16.1. The number of H-pyrrole nitrogens is 1. The Bertz CT molecular complexity index is 1540. The second kappa shape index (κ2) is 12.2. The summed E-state index contributed by atoms with van der Waals surface area (Å²) < 4.78 is 52.3. The number of carbonyl (C=O) groups is 1. The average Bonchev–Trinajstić information content (AvgIpc) is 3.29. The number of carboxylic acid groups (broad SMARTS) is 1. The number of hydrogen-bond acceptors (Lipinski definition) is 3. The monoisotopic (exact) mass is 578 g/mol. The van der Waals surface area contributed by atoms with Crippen molar-refractivity contribution in [3.05, 3.63) is 100 Å². The fraction of sp³-hybridized carbons (Fsp3) is 0.382. The second-order valence-electron chi connectivity index (χ2n) is 11.9. The van der Waals surface area contributed by atoms with E-state index in [9.17, 15) is 9.18 Å². The van der Waals surface area contributed by atoms with Crippen LogP contribution in [-0.2, 0) is 12.8 Å². The first-order chi connectivity index (χ1) is 20.0. The van der Waals surface area contributed by atoms with Crippen LogP contribution in [0.3, 0.4) is 0 Å². The molecule has 4 aromatic rings. The lowest BCUT2D eigenvalue weighted by molar-refractivity contribution is 0.0642. The van der Waals surface area contributed by atoms with E-state index >= 15 is 8.78 Å². The summed E-state index contributed by atoms with van der Waals surface area (Å²) in [5, 5.41) is 10.0. The Morgan fingerprint density at radius 3 is 2.40 bits per heavy atom. The smallest absolute Gasteiger partial charge is 0.335 e. The van der Waals surface area contributed by atoms with Crippen LogP contribution >= 0.6 is 0 Å². The molecule has 0 amide bonds. The number of nitrogens with one attached hydrogen (secondary N) is 1. The minimum atomic E-state index is -1.56. The number of unbranched alkanes of at least 4 members (excludes halogenated alkanes) is 2. The van der Waals surface area contributed by atoms with Crippen molar-refractivity contribution < 1.29 is 27.8 Å². The maximum atomic E-state index is 15.8. The van der Waals surface area contributed by atoms with Gasteiger partial charge < -0.3 is 14.8 Å². The molecule has 5 rings (SSSR count).